The van der Waals surface area contributed by atoms with Gasteiger partial charge in [0.1, 0.15) is 11.5 Å². The van der Waals surface area contributed by atoms with Crippen LogP contribution in [-0.4, -0.2) is 18.2 Å². The molecule has 1 aliphatic heterocycles. The minimum atomic E-state index is -0.238. The minimum absolute atomic E-state index is 0.108. The highest BCUT2D eigenvalue weighted by Gasteiger charge is 2.27. The van der Waals surface area contributed by atoms with E-state index in [2.05, 4.69) is 0 Å². The zero-order valence-electron chi connectivity index (χ0n) is 15.0. The summed E-state index contributed by atoms with van der Waals surface area (Å²) in [6, 6.07) is 18.8. The van der Waals surface area contributed by atoms with Crippen LogP contribution >= 0.6 is 23.2 Å². The summed E-state index contributed by atoms with van der Waals surface area (Å²) in [6.07, 6.45) is 1.60. The van der Waals surface area contributed by atoms with Gasteiger partial charge < -0.3 is 9.47 Å². The first-order valence-corrected chi connectivity index (χ1v) is 9.51. The number of allylic oxidation sites excluding steroid dienone is 1. The molecule has 0 unspecified atom stereocenters. The van der Waals surface area contributed by atoms with Gasteiger partial charge >= 0.3 is 0 Å². The summed E-state index contributed by atoms with van der Waals surface area (Å²) in [5, 5.41) is 0.824. The highest BCUT2D eigenvalue weighted by molar-refractivity contribution is 6.42. The number of rotatable bonds is 5. The van der Waals surface area contributed by atoms with E-state index in [9.17, 15) is 9.59 Å². The Hall–Kier alpha value is -3.08. The number of benzene rings is 3. The van der Waals surface area contributed by atoms with Gasteiger partial charge in [0.05, 0.1) is 15.6 Å². The molecule has 0 N–H and O–H groups in total. The number of Topliss-reactive ketones (excluding diaryl/α,β-unsaturated/α-hetero) is 2. The number of ether oxygens (including phenoxy) is 2. The first kappa shape index (κ1) is 19.2. The molecule has 0 aliphatic carbocycles. The number of ketones is 2. The van der Waals surface area contributed by atoms with Gasteiger partial charge in [-0.25, -0.2) is 0 Å². The largest absolute Gasteiger partial charge is 0.485 e. The van der Waals surface area contributed by atoms with Crippen LogP contribution in [0.4, 0.5) is 0 Å². The zero-order valence-corrected chi connectivity index (χ0v) is 16.5. The van der Waals surface area contributed by atoms with Gasteiger partial charge in [-0.15, -0.1) is 0 Å². The monoisotopic (exact) mass is 424 g/mol. The van der Waals surface area contributed by atoms with Gasteiger partial charge in [0, 0.05) is 11.6 Å². The Labute approximate surface area is 177 Å². The van der Waals surface area contributed by atoms with Crippen molar-refractivity contribution < 1.29 is 19.1 Å². The summed E-state index contributed by atoms with van der Waals surface area (Å²) in [7, 11) is 0. The topological polar surface area (TPSA) is 52.6 Å². The zero-order chi connectivity index (χ0) is 20.4. The van der Waals surface area contributed by atoms with E-state index in [4.69, 9.17) is 32.7 Å². The van der Waals surface area contributed by atoms with Gasteiger partial charge in [-0.2, -0.15) is 0 Å². The van der Waals surface area contributed by atoms with Gasteiger partial charge in [0.15, 0.2) is 18.1 Å². The van der Waals surface area contributed by atoms with Crippen molar-refractivity contribution >= 4 is 40.8 Å². The molecule has 0 saturated carbocycles. The summed E-state index contributed by atoms with van der Waals surface area (Å²) in [5.74, 6) is 0.625. The molecule has 0 amide bonds. The van der Waals surface area contributed by atoms with E-state index in [1.807, 2.05) is 6.07 Å². The quantitative estimate of drug-likeness (QED) is 0.379. The molecule has 1 heterocycles. The summed E-state index contributed by atoms with van der Waals surface area (Å²) < 4.78 is 11.3. The van der Waals surface area contributed by atoms with E-state index in [0.29, 0.717) is 38.2 Å². The van der Waals surface area contributed by atoms with Crippen LogP contribution in [0.2, 0.25) is 10.0 Å². The smallest absolute Gasteiger partial charge is 0.231 e. The molecular formula is C23H14Cl2O4. The van der Waals surface area contributed by atoms with E-state index in [0.717, 1.165) is 0 Å². The molecule has 3 aromatic carbocycles. The first-order valence-electron chi connectivity index (χ1n) is 8.75. The van der Waals surface area contributed by atoms with Gasteiger partial charge in [0.2, 0.25) is 5.78 Å². The SMILES string of the molecule is O=C(COc1ccc2c(c1)O/C(=C\c1ccc(Cl)c(Cl)c1)C2=O)c1ccccc1. The van der Waals surface area contributed by atoms with Crippen LogP contribution in [0.25, 0.3) is 6.08 Å². The third-order valence-electron chi connectivity index (χ3n) is 4.35. The maximum absolute atomic E-state index is 12.6. The maximum atomic E-state index is 12.6. The van der Waals surface area contributed by atoms with Crippen LogP contribution in [0.3, 0.4) is 0 Å². The van der Waals surface area contributed by atoms with Crippen LogP contribution in [-0.2, 0) is 0 Å². The molecule has 0 fully saturated rings. The fourth-order valence-electron chi connectivity index (χ4n) is 2.87. The highest BCUT2D eigenvalue weighted by atomic mass is 35.5. The molecule has 3 aromatic rings. The first-order chi connectivity index (χ1) is 14.0. The molecule has 1 aliphatic rings. The predicted molar refractivity (Wildman–Crippen MR) is 112 cm³/mol. The van der Waals surface area contributed by atoms with Crippen LogP contribution < -0.4 is 9.47 Å². The van der Waals surface area contributed by atoms with E-state index in [1.165, 1.54) is 0 Å². The lowest BCUT2D eigenvalue weighted by Crippen LogP contribution is -2.11. The van der Waals surface area contributed by atoms with Crippen molar-refractivity contribution in [2.24, 2.45) is 0 Å². The number of fused-ring (bicyclic) bond motifs is 1. The van der Waals surface area contributed by atoms with Crippen LogP contribution in [0.1, 0.15) is 26.3 Å². The molecule has 144 valence electrons. The Balaban J connectivity index is 1.49. The number of hydrogen-bond donors (Lipinski definition) is 0. The highest BCUT2D eigenvalue weighted by Crippen LogP contribution is 2.35. The second-order valence-electron chi connectivity index (χ2n) is 6.35. The van der Waals surface area contributed by atoms with Gasteiger partial charge in [-0.05, 0) is 35.9 Å². The van der Waals surface area contributed by atoms with E-state index in [-0.39, 0.29) is 23.9 Å². The summed E-state index contributed by atoms with van der Waals surface area (Å²) >= 11 is 11.9. The van der Waals surface area contributed by atoms with Crippen molar-refractivity contribution in [3.8, 4) is 11.5 Å². The standard InChI is InChI=1S/C23H14Cl2O4/c24-18-9-6-14(10-19(18)25)11-22-23(27)17-8-7-16(12-21(17)29-22)28-13-20(26)15-4-2-1-3-5-15/h1-12H,13H2/b22-11-. The Morgan fingerprint density at radius 1 is 0.966 bits per heavy atom. The molecule has 29 heavy (non-hydrogen) atoms. The molecule has 0 bridgehead atoms. The number of halogens is 2. The molecule has 4 nitrogen and oxygen atoms in total. The molecular weight excluding hydrogens is 411 g/mol. The normalized spacial score (nSPS) is 13.9. The van der Waals surface area contributed by atoms with Crippen molar-refractivity contribution in [2.75, 3.05) is 6.61 Å². The van der Waals surface area contributed by atoms with Crippen molar-refractivity contribution in [3.63, 3.8) is 0 Å². The van der Waals surface area contributed by atoms with Crippen LogP contribution in [0.5, 0.6) is 11.5 Å². The van der Waals surface area contributed by atoms with Gasteiger partial charge in [0.25, 0.3) is 0 Å². The predicted octanol–water partition coefficient (Wildman–Crippen LogP) is 5.87. The van der Waals surface area contributed by atoms with Crippen molar-refractivity contribution in [2.45, 2.75) is 0 Å². The Morgan fingerprint density at radius 3 is 2.52 bits per heavy atom. The number of hydrogen-bond acceptors (Lipinski definition) is 4. The van der Waals surface area contributed by atoms with Gasteiger partial charge in [-0.1, -0.05) is 59.6 Å². The van der Waals surface area contributed by atoms with E-state index in [1.54, 1.807) is 66.7 Å². The van der Waals surface area contributed by atoms with Crippen molar-refractivity contribution in [3.05, 3.63) is 99.2 Å². The number of carbonyl (C=O) groups is 2. The van der Waals surface area contributed by atoms with E-state index < -0.39 is 0 Å². The molecule has 4 rings (SSSR count). The Morgan fingerprint density at radius 2 is 1.76 bits per heavy atom. The van der Waals surface area contributed by atoms with E-state index >= 15 is 0 Å². The fraction of sp³-hybridized carbons (Fsp3) is 0.0435. The summed E-state index contributed by atoms with van der Waals surface area (Å²) in [5.41, 5.74) is 1.70. The molecule has 0 aromatic heterocycles. The second-order valence-corrected chi connectivity index (χ2v) is 7.16. The Bertz CT molecular complexity index is 1140. The van der Waals surface area contributed by atoms with Crippen LogP contribution in [0.15, 0.2) is 72.5 Å². The van der Waals surface area contributed by atoms with Crippen molar-refractivity contribution in [1.82, 2.24) is 0 Å². The lowest BCUT2D eigenvalue weighted by molar-refractivity contribution is 0.0921. The lowest BCUT2D eigenvalue weighted by Gasteiger charge is -2.06. The summed E-state index contributed by atoms with van der Waals surface area (Å²) in [6.45, 7) is -0.108. The lowest BCUT2D eigenvalue weighted by atomic mass is 10.1. The fourth-order valence-corrected chi connectivity index (χ4v) is 3.17. The molecule has 0 radical (unpaired) electrons. The molecule has 0 spiro atoms. The molecule has 6 heteroatoms. The maximum Gasteiger partial charge on any atom is 0.231 e. The van der Waals surface area contributed by atoms with Crippen LogP contribution in [0, 0.1) is 0 Å². The van der Waals surface area contributed by atoms with Gasteiger partial charge in [-0.3, -0.25) is 9.59 Å². The minimum Gasteiger partial charge on any atom is -0.485 e. The average molecular weight is 425 g/mol. The average Bonchev–Trinajstić information content (AvgIpc) is 3.04. The molecule has 0 saturated heterocycles. The Kier molecular flexibility index (Phi) is 5.38. The summed E-state index contributed by atoms with van der Waals surface area (Å²) in [4.78, 5) is 24.7. The number of carbonyl (C=O) groups excluding carboxylic acids is 2. The second kappa shape index (κ2) is 8.11. The molecule has 0 atom stereocenters. The van der Waals surface area contributed by atoms with Crippen molar-refractivity contribution in [1.29, 1.82) is 0 Å². The third-order valence-corrected chi connectivity index (χ3v) is 5.09. The third kappa shape index (κ3) is 4.19.